The first-order valence-electron chi connectivity index (χ1n) is 4.77. The Morgan fingerprint density at radius 3 is 2.50 bits per heavy atom. The molecule has 86 valence electrons. The van der Waals surface area contributed by atoms with Crippen LogP contribution in [0.5, 0.6) is 0 Å². The molecular formula is C11H10F3NO. The van der Waals surface area contributed by atoms with Gasteiger partial charge in [-0.3, -0.25) is 4.79 Å². The van der Waals surface area contributed by atoms with Crippen LogP contribution in [0, 0.1) is 6.92 Å². The van der Waals surface area contributed by atoms with E-state index in [9.17, 15) is 18.0 Å². The van der Waals surface area contributed by atoms with E-state index in [1.54, 1.807) is 7.05 Å². The van der Waals surface area contributed by atoms with Crippen molar-refractivity contribution in [2.24, 2.45) is 0 Å². The minimum Gasteiger partial charge on any atom is -0.337 e. The zero-order chi connectivity index (χ0) is 12.1. The van der Waals surface area contributed by atoms with Crippen molar-refractivity contribution in [3.8, 4) is 0 Å². The van der Waals surface area contributed by atoms with Crippen LogP contribution in [0.4, 0.5) is 13.2 Å². The summed E-state index contributed by atoms with van der Waals surface area (Å²) in [7, 11) is 1.57. The molecule has 2 rings (SSSR count). The van der Waals surface area contributed by atoms with E-state index in [1.807, 2.05) is 0 Å². The van der Waals surface area contributed by atoms with E-state index in [1.165, 1.54) is 17.9 Å². The molecule has 0 radical (unpaired) electrons. The van der Waals surface area contributed by atoms with Crippen molar-refractivity contribution in [1.82, 2.24) is 4.90 Å². The van der Waals surface area contributed by atoms with E-state index in [2.05, 4.69) is 0 Å². The molecule has 16 heavy (non-hydrogen) atoms. The Kier molecular flexibility index (Phi) is 2.22. The molecule has 0 fully saturated rings. The molecule has 5 heteroatoms. The number of hydrogen-bond acceptors (Lipinski definition) is 1. The van der Waals surface area contributed by atoms with Gasteiger partial charge < -0.3 is 4.90 Å². The van der Waals surface area contributed by atoms with Gasteiger partial charge in [0.15, 0.2) is 0 Å². The first-order chi connectivity index (χ1) is 7.30. The molecule has 1 aromatic rings. The molecule has 1 aromatic carbocycles. The molecule has 1 aliphatic heterocycles. The molecule has 1 amide bonds. The summed E-state index contributed by atoms with van der Waals surface area (Å²) < 4.78 is 37.8. The number of nitrogens with zero attached hydrogens (tertiary/aromatic N) is 1. The van der Waals surface area contributed by atoms with Crippen molar-refractivity contribution in [1.29, 1.82) is 0 Å². The highest BCUT2D eigenvalue weighted by molar-refractivity contribution is 5.98. The van der Waals surface area contributed by atoms with Crippen molar-refractivity contribution < 1.29 is 18.0 Å². The van der Waals surface area contributed by atoms with Crippen molar-refractivity contribution in [3.63, 3.8) is 0 Å². The minimum absolute atomic E-state index is 0.161. The van der Waals surface area contributed by atoms with Crippen molar-refractivity contribution in [2.75, 3.05) is 7.05 Å². The zero-order valence-corrected chi connectivity index (χ0v) is 8.85. The topological polar surface area (TPSA) is 20.3 Å². The number of aryl methyl sites for hydroxylation is 1. The molecule has 0 N–H and O–H groups in total. The summed E-state index contributed by atoms with van der Waals surface area (Å²) in [6.07, 6.45) is -4.40. The molecule has 0 aromatic heterocycles. The molecule has 1 aliphatic rings. The molecular weight excluding hydrogens is 219 g/mol. The minimum atomic E-state index is -4.40. The maximum absolute atomic E-state index is 12.6. The Morgan fingerprint density at radius 1 is 1.31 bits per heavy atom. The second kappa shape index (κ2) is 3.23. The molecule has 0 saturated heterocycles. The van der Waals surface area contributed by atoms with E-state index >= 15 is 0 Å². The highest BCUT2D eigenvalue weighted by Crippen LogP contribution is 2.35. The van der Waals surface area contributed by atoms with E-state index < -0.39 is 11.7 Å². The van der Waals surface area contributed by atoms with Gasteiger partial charge in [0.1, 0.15) is 0 Å². The van der Waals surface area contributed by atoms with Gasteiger partial charge in [0.05, 0.1) is 5.56 Å². The summed E-state index contributed by atoms with van der Waals surface area (Å²) in [6.45, 7) is 1.79. The summed E-state index contributed by atoms with van der Waals surface area (Å²) in [6, 6.07) is 2.40. The lowest BCUT2D eigenvalue weighted by Crippen LogP contribution is -2.17. The number of carbonyl (C=O) groups excluding carboxylic acids is 1. The van der Waals surface area contributed by atoms with Gasteiger partial charge in [-0.15, -0.1) is 0 Å². The molecule has 1 heterocycles. The van der Waals surface area contributed by atoms with Crippen LogP contribution in [0.15, 0.2) is 12.1 Å². The Morgan fingerprint density at radius 2 is 1.94 bits per heavy atom. The number of alkyl halides is 3. The fourth-order valence-electron chi connectivity index (χ4n) is 1.94. The first-order valence-corrected chi connectivity index (χ1v) is 4.77. The fourth-order valence-corrected chi connectivity index (χ4v) is 1.94. The number of amides is 1. The molecule has 0 spiro atoms. The van der Waals surface area contributed by atoms with Crippen LogP contribution in [0.2, 0.25) is 0 Å². The zero-order valence-electron chi connectivity index (χ0n) is 8.85. The monoisotopic (exact) mass is 229 g/mol. The van der Waals surface area contributed by atoms with Gasteiger partial charge in [-0.2, -0.15) is 13.2 Å². The number of benzene rings is 1. The lowest BCUT2D eigenvalue weighted by atomic mass is 10.0. The number of fused-ring (bicyclic) bond motifs is 1. The lowest BCUT2D eigenvalue weighted by Gasteiger charge is -2.11. The summed E-state index contributed by atoms with van der Waals surface area (Å²) in [5, 5.41) is 0. The third kappa shape index (κ3) is 1.56. The summed E-state index contributed by atoms with van der Waals surface area (Å²) in [5.74, 6) is -0.347. The molecule has 0 aliphatic carbocycles. The Labute approximate surface area is 90.7 Å². The maximum Gasteiger partial charge on any atom is 0.416 e. The fraction of sp³-hybridized carbons (Fsp3) is 0.364. The van der Waals surface area contributed by atoms with Crippen LogP contribution in [0.3, 0.4) is 0 Å². The molecule has 0 atom stereocenters. The highest BCUT2D eigenvalue weighted by atomic mass is 19.4. The number of hydrogen-bond donors (Lipinski definition) is 0. The Bertz CT molecular complexity index is 465. The molecule has 2 nitrogen and oxygen atoms in total. The van der Waals surface area contributed by atoms with Gasteiger partial charge in [0.25, 0.3) is 5.91 Å². The van der Waals surface area contributed by atoms with Crippen LogP contribution in [-0.4, -0.2) is 17.9 Å². The first kappa shape index (κ1) is 11.0. The maximum atomic E-state index is 12.6. The van der Waals surface area contributed by atoms with Crippen LogP contribution in [0.25, 0.3) is 0 Å². The average Bonchev–Trinajstić information content (AvgIpc) is 2.39. The number of halogens is 3. The molecule has 0 unspecified atom stereocenters. The molecule has 0 bridgehead atoms. The lowest BCUT2D eigenvalue weighted by molar-refractivity contribution is -0.138. The van der Waals surface area contributed by atoms with Crippen LogP contribution < -0.4 is 0 Å². The largest absolute Gasteiger partial charge is 0.416 e. The Hall–Kier alpha value is -1.52. The van der Waals surface area contributed by atoms with Gasteiger partial charge in [-0.1, -0.05) is 6.07 Å². The van der Waals surface area contributed by atoms with Crippen molar-refractivity contribution in [2.45, 2.75) is 19.6 Å². The van der Waals surface area contributed by atoms with Crippen molar-refractivity contribution >= 4 is 5.91 Å². The third-order valence-corrected chi connectivity index (χ3v) is 2.74. The summed E-state index contributed by atoms with van der Waals surface area (Å²) in [5.41, 5.74) is 0.266. The summed E-state index contributed by atoms with van der Waals surface area (Å²) in [4.78, 5) is 13.0. The summed E-state index contributed by atoms with van der Waals surface area (Å²) >= 11 is 0. The van der Waals surface area contributed by atoms with Gasteiger partial charge in [0, 0.05) is 19.2 Å². The quantitative estimate of drug-likeness (QED) is 0.669. The predicted octanol–water partition coefficient (Wildman–Crippen LogP) is 2.60. The predicted molar refractivity (Wildman–Crippen MR) is 52.0 cm³/mol. The van der Waals surface area contributed by atoms with Gasteiger partial charge in [-0.05, 0) is 24.1 Å². The Balaban J connectivity index is 2.59. The van der Waals surface area contributed by atoms with Gasteiger partial charge in [0.2, 0.25) is 0 Å². The SMILES string of the molecule is Cc1cc2c(cc1C(F)(F)F)C(=O)N(C)C2. The third-order valence-electron chi connectivity index (χ3n) is 2.74. The van der Waals surface area contributed by atoms with Crippen LogP contribution in [0.1, 0.15) is 27.0 Å². The van der Waals surface area contributed by atoms with E-state index in [4.69, 9.17) is 0 Å². The van der Waals surface area contributed by atoms with Crippen LogP contribution in [-0.2, 0) is 12.7 Å². The number of rotatable bonds is 0. The highest BCUT2D eigenvalue weighted by Gasteiger charge is 2.35. The van der Waals surface area contributed by atoms with E-state index in [0.717, 1.165) is 6.07 Å². The van der Waals surface area contributed by atoms with Gasteiger partial charge >= 0.3 is 6.18 Å². The number of carbonyl (C=O) groups is 1. The average molecular weight is 229 g/mol. The standard InChI is InChI=1S/C11H10F3NO/c1-6-3-7-5-15(2)10(16)8(7)4-9(6)11(12,13)14/h3-4H,5H2,1-2H3. The van der Waals surface area contributed by atoms with Crippen molar-refractivity contribution in [3.05, 3.63) is 34.4 Å². The second-order valence-electron chi connectivity index (χ2n) is 3.98. The molecule has 0 saturated carbocycles. The van der Waals surface area contributed by atoms with Crippen LogP contribution >= 0.6 is 0 Å². The second-order valence-corrected chi connectivity index (χ2v) is 3.98. The van der Waals surface area contributed by atoms with E-state index in [0.29, 0.717) is 12.1 Å². The van der Waals surface area contributed by atoms with E-state index in [-0.39, 0.29) is 17.0 Å². The normalized spacial score (nSPS) is 15.6. The van der Waals surface area contributed by atoms with Gasteiger partial charge in [-0.25, -0.2) is 0 Å². The smallest absolute Gasteiger partial charge is 0.337 e.